The third-order valence-electron chi connectivity index (χ3n) is 16.4. The van der Waals surface area contributed by atoms with E-state index in [-0.39, 0.29) is 49.4 Å². The molecule has 0 spiro atoms. The maximum absolute atomic E-state index is 13.1. The van der Waals surface area contributed by atoms with Gasteiger partial charge in [-0.05, 0) is 116 Å². The Hall–Kier alpha value is -3.69. The van der Waals surface area contributed by atoms with Gasteiger partial charge in [-0.1, -0.05) is 275 Å². The molecule has 1 unspecified atom stereocenters. The number of esters is 3. The predicted octanol–water partition coefficient (Wildman–Crippen LogP) is 22.0. The fourth-order valence-electron chi connectivity index (χ4n) is 10.7. The second kappa shape index (κ2) is 67.2. The monoisotopic (exact) mass is 1210 g/mol. The highest BCUT2D eigenvalue weighted by molar-refractivity contribution is 5.77. The average Bonchev–Trinajstić information content (AvgIpc) is 3.68. The molecule has 2 N–H and O–H groups in total. The highest BCUT2D eigenvalue weighted by atomic mass is 16.6. The molecule has 10 heteroatoms. The van der Waals surface area contributed by atoms with Gasteiger partial charge in [0.1, 0.15) is 13.2 Å². The van der Waals surface area contributed by atoms with Gasteiger partial charge in [0.05, 0.1) is 0 Å². The van der Waals surface area contributed by atoms with Crippen molar-refractivity contribution < 1.29 is 38.2 Å². The number of carbonyl (C=O) groups is 5. The molecule has 1 atom stereocenters. The Kier molecular flexibility index (Phi) is 64.4. The van der Waals surface area contributed by atoms with E-state index in [0.717, 1.165) is 148 Å². The molecule has 0 saturated heterocycles. The van der Waals surface area contributed by atoms with Crippen LogP contribution in [0.15, 0.2) is 48.6 Å². The van der Waals surface area contributed by atoms with Crippen molar-refractivity contribution in [3.63, 3.8) is 0 Å². The Morgan fingerprint density at radius 3 is 0.849 bits per heavy atom. The van der Waals surface area contributed by atoms with Crippen LogP contribution in [0.1, 0.15) is 374 Å². The molecule has 10 nitrogen and oxygen atoms in total. The van der Waals surface area contributed by atoms with E-state index in [0.29, 0.717) is 38.8 Å². The molecule has 86 heavy (non-hydrogen) atoms. The first-order chi connectivity index (χ1) is 42.2. The van der Waals surface area contributed by atoms with Crippen LogP contribution in [0.2, 0.25) is 0 Å². The minimum Gasteiger partial charge on any atom is -0.461 e. The summed E-state index contributed by atoms with van der Waals surface area (Å²) >= 11 is 0. The smallest absolute Gasteiger partial charge is 0.306 e. The molecule has 500 valence electrons. The van der Waals surface area contributed by atoms with Crippen molar-refractivity contribution in [3.05, 3.63) is 48.6 Å². The van der Waals surface area contributed by atoms with E-state index >= 15 is 0 Å². The molecule has 0 rings (SSSR count). The van der Waals surface area contributed by atoms with Crippen LogP contribution in [0.25, 0.3) is 0 Å². The minimum absolute atomic E-state index is 0.0631. The van der Waals surface area contributed by atoms with Gasteiger partial charge in [-0.15, -0.1) is 0 Å². The van der Waals surface area contributed by atoms with Crippen LogP contribution in [0.3, 0.4) is 0 Å². The fourth-order valence-corrected chi connectivity index (χ4v) is 10.7. The van der Waals surface area contributed by atoms with Gasteiger partial charge in [0.25, 0.3) is 0 Å². The van der Waals surface area contributed by atoms with Crippen LogP contribution in [-0.2, 0) is 38.2 Å². The number of hydrogen-bond donors (Lipinski definition) is 2. The van der Waals surface area contributed by atoms with E-state index in [4.69, 9.17) is 14.2 Å². The first-order valence-corrected chi connectivity index (χ1v) is 36.8. The largest absolute Gasteiger partial charge is 0.461 e. The van der Waals surface area contributed by atoms with E-state index in [1.807, 2.05) is 0 Å². The number of ether oxygens (including phenoxy) is 3. The van der Waals surface area contributed by atoms with Gasteiger partial charge in [0.2, 0.25) is 11.8 Å². The number of rotatable bonds is 67. The lowest BCUT2D eigenvalue weighted by atomic mass is 10.0. The molecular weight excluding hydrogens is 1070 g/mol. The van der Waals surface area contributed by atoms with E-state index in [2.05, 4.69) is 80.0 Å². The molecule has 0 aromatic rings. The fraction of sp³-hybridized carbons (Fsp3) is 0.829. The van der Waals surface area contributed by atoms with Crippen LogP contribution in [0, 0.1) is 0 Å². The van der Waals surface area contributed by atoms with Crippen molar-refractivity contribution in [2.75, 3.05) is 26.3 Å². The summed E-state index contributed by atoms with van der Waals surface area (Å²) in [7, 11) is 0. The first-order valence-electron chi connectivity index (χ1n) is 36.8. The van der Waals surface area contributed by atoms with Gasteiger partial charge < -0.3 is 24.8 Å². The number of unbranched alkanes of at least 4 members (excludes halogenated alkanes) is 41. The Morgan fingerprint density at radius 1 is 0.291 bits per heavy atom. The number of allylic oxidation sites excluding steroid dienone is 8. The molecule has 0 aliphatic carbocycles. The Labute approximate surface area is 531 Å². The van der Waals surface area contributed by atoms with Crippen LogP contribution in [-0.4, -0.2) is 61.6 Å². The summed E-state index contributed by atoms with van der Waals surface area (Å²) in [5.41, 5.74) is -1.24. The zero-order valence-corrected chi connectivity index (χ0v) is 56.9. The Morgan fingerprint density at radius 2 is 0.535 bits per heavy atom. The van der Waals surface area contributed by atoms with E-state index in [1.165, 1.54) is 167 Å². The van der Waals surface area contributed by atoms with Gasteiger partial charge in [-0.3, -0.25) is 24.0 Å². The molecule has 0 aromatic carbocycles. The normalized spacial score (nSPS) is 12.5. The molecule has 0 fully saturated rings. The van der Waals surface area contributed by atoms with Crippen LogP contribution in [0.5, 0.6) is 0 Å². The Balaban J connectivity index is 4.26. The summed E-state index contributed by atoms with van der Waals surface area (Å²) in [5, 5.41) is 5.89. The van der Waals surface area contributed by atoms with Gasteiger partial charge in [-0.2, -0.15) is 0 Å². The molecule has 0 aliphatic heterocycles. The Bertz CT molecular complexity index is 1660. The summed E-state index contributed by atoms with van der Waals surface area (Å²) in [6, 6.07) is 0. The second-order valence-electron chi connectivity index (χ2n) is 25.3. The van der Waals surface area contributed by atoms with Crippen LogP contribution in [0.4, 0.5) is 0 Å². The highest BCUT2D eigenvalue weighted by Gasteiger charge is 2.33. The van der Waals surface area contributed by atoms with Crippen LogP contribution < -0.4 is 10.6 Å². The van der Waals surface area contributed by atoms with Gasteiger partial charge in [0.15, 0.2) is 5.60 Å². The number of hydrogen-bond acceptors (Lipinski definition) is 8. The molecule has 2 amide bonds. The number of amides is 2. The van der Waals surface area contributed by atoms with E-state index in [1.54, 1.807) is 6.92 Å². The van der Waals surface area contributed by atoms with Gasteiger partial charge in [-0.25, -0.2) is 0 Å². The summed E-state index contributed by atoms with van der Waals surface area (Å²) in [5.74, 6) is -0.833. The lowest BCUT2D eigenvalue weighted by Gasteiger charge is -2.28. The van der Waals surface area contributed by atoms with Crippen molar-refractivity contribution in [2.24, 2.45) is 0 Å². The zero-order chi connectivity index (χ0) is 62.6. The highest BCUT2D eigenvalue weighted by Crippen LogP contribution is 2.20. The summed E-state index contributed by atoms with van der Waals surface area (Å²) in [6.45, 7) is 9.15. The second-order valence-corrected chi connectivity index (χ2v) is 25.3. The number of nitrogens with one attached hydrogen (secondary N) is 2. The maximum atomic E-state index is 13.1. The molecule has 0 bridgehead atoms. The molecule has 0 aliphatic rings. The van der Waals surface area contributed by atoms with Gasteiger partial charge >= 0.3 is 17.9 Å². The zero-order valence-electron chi connectivity index (χ0n) is 56.9. The summed E-state index contributed by atoms with van der Waals surface area (Å²) < 4.78 is 17.3. The maximum Gasteiger partial charge on any atom is 0.306 e. The van der Waals surface area contributed by atoms with Crippen molar-refractivity contribution in [2.45, 2.75) is 380 Å². The third kappa shape index (κ3) is 64.8. The average molecular weight is 1210 g/mol. The van der Waals surface area contributed by atoms with Crippen LogP contribution >= 0.6 is 0 Å². The lowest BCUT2D eigenvalue weighted by Crippen LogP contribution is -2.42. The molecular formula is C76H138N2O8. The summed E-state index contributed by atoms with van der Waals surface area (Å²) in [6.07, 6.45) is 77.5. The third-order valence-corrected chi connectivity index (χ3v) is 16.4. The SMILES string of the molecule is CCCCC=CCC=CCCCCCCCC(=O)OC(C)(COC(=O)CCCCCCCC=CCCCCCCC(=O)NCCNC(=O)CCCCCCCC=CCCCCCCCC)COC(=O)CCCCCCCCCCCCCCCCC. The van der Waals surface area contributed by atoms with Gasteiger partial charge in [0, 0.05) is 45.2 Å². The standard InChI is InChI=1S/C76H138N2O8/c1-5-8-11-14-17-20-23-26-29-32-37-42-47-52-57-62-71(79)77-67-68-78-72(80)63-58-53-48-43-38-33-31-36-40-45-50-55-60-65-74(82)85-70-76(4,86-75(83)66-61-56-51-46-41-34-28-25-22-19-16-13-10-7-3)69-84-73(81)64-59-54-49-44-39-35-30-27-24-21-18-15-12-9-6-2/h16,19,25-26,28-29,31,33H,5-15,17-18,20-24,27,30,32,34-70H2,1-4H3,(H,77,79)(H,78,80). The molecule has 0 radical (unpaired) electrons. The molecule has 0 heterocycles. The van der Waals surface area contributed by atoms with Crippen molar-refractivity contribution in [1.29, 1.82) is 0 Å². The van der Waals surface area contributed by atoms with E-state index < -0.39 is 5.60 Å². The number of carbonyl (C=O) groups excluding carboxylic acids is 5. The van der Waals surface area contributed by atoms with Crippen molar-refractivity contribution in [1.82, 2.24) is 10.6 Å². The quantitative estimate of drug-likeness (QED) is 0.0266. The topological polar surface area (TPSA) is 137 Å². The summed E-state index contributed by atoms with van der Waals surface area (Å²) in [4.78, 5) is 63.3. The lowest BCUT2D eigenvalue weighted by molar-refractivity contribution is -0.182. The first kappa shape index (κ1) is 82.3. The van der Waals surface area contributed by atoms with Crippen molar-refractivity contribution >= 4 is 29.7 Å². The molecule has 0 saturated carbocycles. The van der Waals surface area contributed by atoms with E-state index in [9.17, 15) is 24.0 Å². The minimum atomic E-state index is -1.24. The predicted molar refractivity (Wildman–Crippen MR) is 365 cm³/mol. The van der Waals surface area contributed by atoms with Crippen molar-refractivity contribution in [3.8, 4) is 0 Å². The molecule has 0 aromatic heterocycles.